The Labute approximate surface area is 95.6 Å². The number of hydrogen-bond donors (Lipinski definition) is 0. The molecule has 0 fully saturated rings. The van der Waals surface area contributed by atoms with Gasteiger partial charge in [0.2, 0.25) is 0 Å². The Bertz CT molecular complexity index is 411. The minimum atomic E-state index is 0. The van der Waals surface area contributed by atoms with Crippen molar-refractivity contribution in [2.45, 2.75) is 0 Å². The number of aromatic nitrogens is 1. The highest BCUT2D eigenvalue weighted by Crippen LogP contribution is 1.97. The van der Waals surface area contributed by atoms with Gasteiger partial charge in [0.25, 0.3) is 0 Å². The molecule has 1 heterocycles. The highest BCUT2D eigenvalue weighted by Gasteiger charge is 1.83. The monoisotopic (exact) mass is 215 g/mol. The van der Waals surface area contributed by atoms with Crippen molar-refractivity contribution in [3.63, 3.8) is 0 Å². The lowest BCUT2D eigenvalue weighted by atomic mass is 10.2. The SMILES string of the molecule is C(#Cc1ccncc1)c1ccccc1.Cl. The number of halogens is 1. The van der Waals surface area contributed by atoms with E-state index in [1.54, 1.807) is 12.4 Å². The third kappa shape index (κ3) is 3.46. The van der Waals surface area contributed by atoms with E-state index in [9.17, 15) is 0 Å². The Balaban J connectivity index is 0.00000112. The molecule has 74 valence electrons. The maximum absolute atomic E-state index is 3.93. The quantitative estimate of drug-likeness (QED) is 0.616. The topological polar surface area (TPSA) is 12.9 Å². The van der Waals surface area contributed by atoms with E-state index in [0.717, 1.165) is 11.1 Å². The summed E-state index contributed by atoms with van der Waals surface area (Å²) in [6.07, 6.45) is 3.49. The van der Waals surface area contributed by atoms with E-state index in [-0.39, 0.29) is 12.4 Å². The molecule has 0 N–H and O–H groups in total. The number of benzene rings is 1. The predicted octanol–water partition coefficient (Wildman–Crippen LogP) is 2.90. The first-order valence-corrected chi connectivity index (χ1v) is 4.42. The lowest BCUT2D eigenvalue weighted by molar-refractivity contribution is 1.32. The van der Waals surface area contributed by atoms with Crippen molar-refractivity contribution < 1.29 is 0 Å². The van der Waals surface area contributed by atoms with Crippen molar-refractivity contribution in [3.05, 3.63) is 66.0 Å². The van der Waals surface area contributed by atoms with E-state index in [1.165, 1.54) is 0 Å². The van der Waals surface area contributed by atoms with E-state index >= 15 is 0 Å². The summed E-state index contributed by atoms with van der Waals surface area (Å²) >= 11 is 0. The van der Waals surface area contributed by atoms with Crippen LogP contribution in [0.4, 0.5) is 0 Å². The zero-order valence-electron chi connectivity index (χ0n) is 8.05. The normalized spacial score (nSPS) is 8.27. The summed E-state index contributed by atoms with van der Waals surface area (Å²) in [7, 11) is 0. The third-order valence-electron chi connectivity index (χ3n) is 1.81. The van der Waals surface area contributed by atoms with Gasteiger partial charge in [-0.1, -0.05) is 30.0 Å². The molecule has 1 aromatic carbocycles. The van der Waals surface area contributed by atoms with Gasteiger partial charge >= 0.3 is 0 Å². The summed E-state index contributed by atoms with van der Waals surface area (Å²) < 4.78 is 0. The zero-order valence-corrected chi connectivity index (χ0v) is 8.87. The Hall–Kier alpha value is -1.78. The van der Waals surface area contributed by atoms with Crippen LogP contribution < -0.4 is 0 Å². The van der Waals surface area contributed by atoms with Crippen LogP contribution in [0.5, 0.6) is 0 Å². The molecule has 0 saturated heterocycles. The van der Waals surface area contributed by atoms with Crippen LogP contribution in [-0.2, 0) is 0 Å². The number of rotatable bonds is 0. The van der Waals surface area contributed by atoms with Crippen LogP contribution in [0.1, 0.15) is 11.1 Å². The second-order valence-corrected chi connectivity index (χ2v) is 2.85. The van der Waals surface area contributed by atoms with E-state index in [0.29, 0.717) is 0 Å². The third-order valence-corrected chi connectivity index (χ3v) is 1.81. The second-order valence-electron chi connectivity index (χ2n) is 2.85. The first-order chi connectivity index (χ1) is 6.95. The average Bonchev–Trinajstić information content (AvgIpc) is 2.29. The molecule has 0 aliphatic carbocycles. The van der Waals surface area contributed by atoms with Gasteiger partial charge in [-0.2, -0.15) is 0 Å². The van der Waals surface area contributed by atoms with Gasteiger partial charge in [0.1, 0.15) is 0 Å². The molecule has 0 spiro atoms. The fraction of sp³-hybridized carbons (Fsp3) is 0. The van der Waals surface area contributed by atoms with E-state index in [1.807, 2.05) is 42.5 Å². The van der Waals surface area contributed by atoms with Crippen molar-refractivity contribution in [3.8, 4) is 11.8 Å². The zero-order chi connectivity index (χ0) is 9.64. The summed E-state index contributed by atoms with van der Waals surface area (Å²) in [5.41, 5.74) is 2.02. The van der Waals surface area contributed by atoms with Crippen LogP contribution in [0.2, 0.25) is 0 Å². The van der Waals surface area contributed by atoms with Crippen molar-refractivity contribution in [2.75, 3.05) is 0 Å². The maximum atomic E-state index is 3.93. The molecule has 0 unspecified atom stereocenters. The molecule has 2 rings (SSSR count). The van der Waals surface area contributed by atoms with Crippen LogP contribution in [0, 0.1) is 11.8 Å². The summed E-state index contributed by atoms with van der Waals surface area (Å²) in [6, 6.07) is 13.7. The van der Waals surface area contributed by atoms with Gasteiger partial charge in [-0.3, -0.25) is 4.98 Å². The summed E-state index contributed by atoms with van der Waals surface area (Å²) in [6.45, 7) is 0. The van der Waals surface area contributed by atoms with Gasteiger partial charge in [-0.25, -0.2) is 0 Å². The highest BCUT2D eigenvalue weighted by atomic mass is 35.5. The van der Waals surface area contributed by atoms with E-state index < -0.39 is 0 Å². The molecule has 0 amide bonds. The van der Waals surface area contributed by atoms with Crippen LogP contribution >= 0.6 is 12.4 Å². The second kappa shape index (κ2) is 5.85. The molecule has 1 aromatic heterocycles. The fourth-order valence-electron chi connectivity index (χ4n) is 1.10. The van der Waals surface area contributed by atoms with Crippen LogP contribution in [0.25, 0.3) is 0 Å². The molecule has 0 radical (unpaired) electrons. The number of nitrogens with zero attached hydrogens (tertiary/aromatic N) is 1. The van der Waals surface area contributed by atoms with Crippen LogP contribution in [-0.4, -0.2) is 4.98 Å². The van der Waals surface area contributed by atoms with Crippen LogP contribution in [0.3, 0.4) is 0 Å². The van der Waals surface area contributed by atoms with Crippen molar-refractivity contribution in [1.82, 2.24) is 4.98 Å². The summed E-state index contributed by atoms with van der Waals surface area (Å²) in [4.78, 5) is 3.93. The van der Waals surface area contributed by atoms with Crippen molar-refractivity contribution >= 4 is 12.4 Å². The lowest BCUT2D eigenvalue weighted by Gasteiger charge is -1.87. The first-order valence-electron chi connectivity index (χ1n) is 4.42. The van der Waals surface area contributed by atoms with Gasteiger partial charge in [0.05, 0.1) is 0 Å². The van der Waals surface area contributed by atoms with Gasteiger partial charge in [0, 0.05) is 23.5 Å². The van der Waals surface area contributed by atoms with Crippen molar-refractivity contribution in [2.24, 2.45) is 0 Å². The Kier molecular flexibility index (Phi) is 4.40. The van der Waals surface area contributed by atoms with Gasteiger partial charge in [-0.15, -0.1) is 12.4 Å². The Morgan fingerprint density at radius 2 is 1.27 bits per heavy atom. The molecule has 0 saturated carbocycles. The summed E-state index contributed by atoms with van der Waals surface area (Å²) in [5, 5.41) is 0. The smallest absolute Gasteiger partial charge is 0.0280 e. The highest BCUT2D eigenvalue weighted by molar-refractivity contribution is 5.85. The van der Waals surface area contributed by atoms with Gasteiger partial charge in [-0.05, 0) is 24.3 Å². The largest absolute Gasteiger partial charge is 0.265 e. The van der Waals surface area contributed by atoms with E-state index in [4.69, 9.17) is 0 Å². The van der Waals surface area contributed by atoms with E-state index in [2.05, 4.69) is 16.8 Å². The summed E-state index contributed by atoms with van der Waals surface area (Å²) in [5.74, 6) is 6.15. The molecule has 0 aliphatic heterocycles. The minimum Gasteiger partial charge on any atom is -0.265 e. The molecule has 0 bridgehead atoms. The number of pyridine rings is 1. The fourth-order valence-corrected chi connectivity index (χ4v) is 1.10. The van der Waals surface area contributed by atoms with Crippen molar-refractivity contribution in [1.29, 1.82) is 0 Å². The van der Waals surface area contributed by atoms with Gasteiger partial charge < -0.3 is 0 Å². The Morgan fingerprint density at radius 1 is 0.733 bits per heavy atom. The lowest BCUT2D eigenvalue weighted by Crippen LogP contribution is -1.75. The molecule has 15 heavy (non-hydrogen) atoms. The molecule has 0 atom stereocenters. The van der Waals surface area contributed by atoms with Crippen LogP contribution in [0.15, 0.2) is 54.9 Å². The maximum Gasteiger partial charge on any atom is 0.0280 e. The minimum absolute atomic E-state index is 0. The first kappa shape index (κ1) is 11.3. The molecule has 2 aromatic rings. The standard InChI is InChI=1S/C13H9N.ClH/c1-2-4-12(5-3-1)6-7-13-8-10-14-11-9-13;/h1-5,8-11H;1H. The molecule has 1 nitrogen and oxygen atoms in total. The molecule has 2 heteroatoms. The van der Waals surface area contributed by atoms with Gasteiger partial charge in [0.15, 0.2) is 0 Å². The Morgan fingerprint density at radius 3 is 1.87 bits per heavy atom. The molecule has 0 aliphatic rings. The predicted molar refractivity (Wildman–Crippen MR) is 63.9 cm³/mol. The molecular formula is C13H10ClN. The average molecular weight is 216 g/mol. The number of hydrogen-bond acceptors (Lipinski definition) is 1. The molecular weight excluding hydrogens is 206 g/mol.